The molecule has 0 bridgehead atoms. The number of ether oxygens (including phenoxy) is 1. The summed E-state index contributed by atoms with van der Waals surface area (Å²) in [6.07, 6.45) is 1.67. The van der Waals surface area contributed by atoms with Crippen LogP contribution in [0.2, 0.25) is 0 Å². The normalized spacial score (nSPS) is 27.8. The first kappa shape index (κ1) is 9.46. The van der Waals surface area contributed by atoms with Gasteiger partial charge >= 0.3 is 0 Å². The number of alkyl halides is 1. The summed E-state index contributed by atoms with van der Waals surface area (Å²) in [4.78, 5) is 0. The van der Waals surface area contributed by atoms with E-state index >= 15 is 0 Å². The van der Waals surface area contributed by atoms with E-state index in [0.29, 0.717) is 12.0 Å². The van der Waals surface area contributed by atoms with Crippen molar-refractivity contribution in [1.29, 1.82) is 0 Å². The lowest BCUT2D eigenvalue weighted by molar-refractivity contribution is 0.129. The second kappa shape index (κ2) is 4.42. The molecule has 1 heterocycles. The monoisotopic (exact) mass is 288 g/mol. The maximum atomic E-state index is 5.66. The van der Waals surface area contributed by atoms with Crippen molar-refractivity contribution < 1.29 is 4.74 Å². The average molecular weight is 288 g/mol. The highest BCUT2D eigenvalue weighted by Gasteiger charge is 2.25. The zero-order chi connectivity index (χ0) is 9.10. The molecule has 1 fully saturated rings. The molecule has 0 aromatic heterocycles. The topological polar surface area (TPSA) is 9.23 Å². The van der Waals surface area contributed by atoms with Gasteiger partial charge in [0, 0.05) is 10.3 Å². The van der Waals surface area contributed by atoms with Crippen LogP contribution in [0.15, 0.2) is 30.3 Å². The van der Waals surface area contributed by atoms with Gasteiger partial charge in [0.15, 0.2) is 0 Å². The molecule has 70 valence electrons. The zero-order valence-electron chi connectivity index (χ0n) is 7.45. The first-order valence-corrected chi connectivity index (χ1v) is 6.15. The number of benzene rings is 1. The van der Waals surface area contributed by atoms with Crippen LogP contribution in [-0.4, -0.2) is 17.1 Å². The van der Waals surface area contributed by atoms with Gasteiger partial charge < -0.3 is 4.74 Å². The van der Waals surface area contributed by atoms with Gasteiger partial charge in [-0.1, -0.05) is 52.9 Å². The Labute approximate surface area is 92.6 Å². The second-order valence-electron chi connectivity index (χ2n) is 3.45. The van der Waals surface area contributed by atoms with Crippen molar-refractivity contribution in [2.24, 2.45) is 0 Å². The highest BCUT2D eigenvalue weighted by molar-refractivity contribution is 14.1. The van der Waals surface area contributed by atoms with Crippen LogP contribution in [0.3, 0.4) is 0 Å². The van der Waals surface area contributed by atoms with E-state index in [9.17, 15) is 0 Å². The Morgan fingerprint density at radius 1 is 1.31 bits per heavy atom. The predicted octanol–water partition coefficient (Wildman–Crippen LogP) is 2.99. The molecule has 1 nitrogen and oxygen atoms in total. The molecule has 2 rings (SSSR count). The van der Waals surface area contributed by atoms with Gasteiger partial charge in [-0.3, -0.25) is 0 Å². The van der Waals surface area contributed by atoms with E-state index in [1.54, 1.807) is 0 Å². The van der Waals surface area contributed by atoms with E-state index in [2.05, 4.69) is 52.9 Å². The minimum Gasteiger partial charge on any atom is -0.377 e. The molecule has 2 atom stereocenters. The Balaban J connectivity index is 2.04. The fraction of sp³-hybridized carbons (Fsp3) is 0.455. The Morgan fingerprint density at radius 2 is 2.08 bits per heavy atom. The standard InChI is InChI=1S/C11H13IO/c12-7-11-6-10(8-13-11)9-4-2-1-3-5-9/h1-5,10-11H,6-8H2/t10-,11+/m1/s1. The van der Waals surface area contributed by atoms with Crippen molar-refractivity contribution in [3.05, 3.63) is 35.9 Å². The van der Waals surface area contributed by atoms with Crippen molar-refractivity contribution in [2.75, 3.05) is 11.0 Å². The maximum absolute atomic E-state index is 5.66. The minimum atomic E-state index is 0.478. The highest BCUT2D eigenvalue weighted by atomic mass is 127. The summed E-state index contributed by atoms with van der Waals surface area (Å²) in [5, 5.41) is 0. The van der Waals surface area contributed by atoms with E-state index < -0.39 is 0 Å². The van der Waals surface area contributed by atoms with Crippen molar-refractivity contribution in [3.63, 3.8) is 0 Å². The van der Waals surface area contributed by atoms with Crippen LogP contribution in [0.1, 0.15) is 17.9 Å². The fourth-order valence-electron chi connectivity index (χ4n) is 1.77. The van der Waals surface area contributed by atoms with Gasteiger partial charge in [-0.15, -0.1) is 0 Å². The van der Waals surface area contributed by atoms with Crippen LogP contribution >= 0.6 is 22.6 Å². The second-order valence-corrected chi connectivity index (χ2v) is 4.33. The van der Waals surface area contributed by atoms with Gasteiger partial charge in [-0.25, -0.2) is 0 Å². The third-order valence-corrected chi connectivity index (χ3v) is 3.51. The van der Waals surface area contributed by atoms with Crippen LogP contribution in [0, 0.1) is 0 Å². The lowest BCUT2D eigenvalue weighted by atomic mass is 9.97. The van der Waals surface area contributed by atoms with E-state index in [1.807, 2.05) is 0 Å². The van der Waals surface area contributed by atoms with E-state index in [4.69, 9.17) is 4.74 Å². The van der Waals surface area contributed by atoms with Crippen LogP contribution in [-0.2, 0) is 4.74 Å². The number of rotatable bonds is 2. The summed E-state index contributed by atoms with van der Waals surface area (Å²) in [7, 11) is 0. The van der Waals surface area contributed by atoms with Crippen LogP contribution in [0.25, 0.3) is 0 Å². The van der Waals surface area contributed by atoms with Gasteiger partial charge in [0.05, 0.1) is 12.7 Å². The largest absolute Gasteiger partial charge is 0.377 e. The molecule has 1 aromatic carbocycles. The molecular weight excluding hydrogens is 275 g/mol. The molecule has 0 spiro atoms. The quantitative estimate of drug-likeness (QED) is 0.600. The van der Waals surface area contributed by atoms with Gasteiger partial charge in [-0.2, -0.15) is 0 Å². The summed E-state index contributed by atoms with van der Waals surface area (Å²) < 4.78 is 6.77. The predicted molar refractivity (Wildman–Crippen MR) is 62.4 cm³/mol. The van der Waals surface area contributed by atoms with Gasteiger partial charge in [-0.05, 0) is 12.0 Å². The lowest BCUT2D eigenvalue weighted by Gasteiger charge is -2.06. The summed E-state index contributed by atoms with van der Waals surface area (Å²) >= 11 is 2.39. The molecular formula is C11H13IO. The average Bonchev–Trinajstić information content (AvgIpc) is 2.67. The summed E-state index contributed by atoms with van der Waals surface area (Å²) in [6, 6.07) is 10.7. The Morgan fingerprint density at radius 3 is 2.69 bits per heavy atom. The molecule has 0 aliphatic carbocycles. The summed E-state index contributed by atoms with van der Waals surface area (Å²) in [5.41, 5.74) is 1.43. The first-order chi connectivity index (χ1) is 6.40. The van der Waals surface area contributed by atoms with Crippen LogP contribution in [0.5, 0.6) is 0 Å². The number of hydrogen-bond acceptors (Lipinski definition) is 1. The van der Waals surface area contributed by atoms with Crippen molar-refractivity contribution in [3.8, 4) is 0 Å². The number of hydrogen-bond donors (Lipinski definition) is 0. The molecule has 2 heteroatoms. The number of halogens is 1. The van der Waals surface area contributed by atoms with Gasteiger partial charge in [0.2, 0.25) is 0 Å². The van der Waals surface area contributed by atoms with Gasteiger partial charge in [0.1, 0.15) is 0 Å². The van der Waals surface area contributed by atoms with E-state index in [0.717, 1.165) is 11.0 Å². The Bertz CT molecular complexity index is 260. The molecule has 0 saturated carbocycles. The Hall–Kier alpha value is -0.0900. The Kier molecular flexibility index (Phi) is 3.22. The molecule has 1 aromatic rings. The van der Waals surface area contributed by atoms with Crippen molar-refractivity contribution >= 4 is 22.6 Å². The molecule has 0 amide bonds. The van der Waals surface area contributed by atoms with E-state index in [1.165, 1.54) is 12.0 Å². The molecule has 13 heavy (non-hydrogen) atoms. The molecule has 1 aliphatic heterocycles. The van der Waals surface area contributed by atoms with E-state index in [-0.39, 0.29) is 0 Å². The molecule has 0 unspecified atom stereocenters. The molecule has 1 saturated heterocycles. The third kappa shape index (κ3) is 2.23. The summed E-state index contributed by atoms with van der Waals surface area (Å²) in [5.74, 6) is 0.626. The van der Waals surface area contributed by atoms with Crippen LogP contribution in [0.4, 0.5) is 0 Å². The minimum absolute atomic E-state index is 0.478. The smallest absolute Gasteiger partial charge is 0.0671 e. The van der Waals surface area contributed by atoms with Crippen LogP contribution < -0.4 is 0 Å². The summed E-state index contributed by atoms with van der Waals surface area (Å²) in [6.45, 7) is 0.900. The van der Waals surface area contributed by atoms with Crippen molar-refractivity contribution in [1.82, 2.24) is 0 Å². The van der Waals surface area contributed by atoms with Crippen molar-refractivity contribution in [2.45, 2.75) is 18.4 Å². The molecule has 0 radical (unpaired) electrons. The molecule has 1 aliphatic rings. The maximum Gasteiger partial charge on any atom is 0.0671 e. The third-order valence-electron chi connectivity index (χ3n) is 2.52. The fourth-order valence-corrected chi connectivity index (χ4v) is 2.38. The zero-order valence-corrected chi connectivity index (χ0v) is 9.61. The highest BCUT2D eigenvalue weighted by Crippen LogP contribution is 2.29. The molecule has 0 N–H and O–H groups in total. The van der Waals surface area contributed by atoms with Gasteiger partial charge in [0.25, 0.3) is 0 Å². The lowest BCUT2D eigenvalue weighted by Crippen LogP contribution is -2.05. The first-order valence-electron chi connectivity index (χ1n) is 4.62. The SMILES string of the molecule is IC[C@@H]1C[C@@H](c2ccccc2)CO1.